The lowest BCUT2D eigenvalue weighted by Gasteiger charge is -2.21. The summed E-state index contributed by atoms with van der Waals surface area (Å²) in [5.41, 5.74) is 7.05. The summed E-state index contributed by atoms with van der Waals surface area (Å²) in [6.07, 6.45) is 2.16. The van der Waals surface area contributed by atoms with Gasteiger partial charge in [0.05, 0.1) is 11.0 Å². The maximum atomic E-state index is 4.97. The molecule has 1 atom stereocenters. The van der Waals surface area contributed by atoms with E-state index in [1.54, 1.807) is 0 Å². The summed E-state index contributed by atoms with van der Waals surface area (Å²) in [5.74, 6) is 1.97. The van der Waals surface area contributed by atoms with Crippen LogP contribution in [0.1, 0.15) is 58.8 Å². The van der Waals surface area contributed by atoms with E-state index < -0.39 is 0 Å². The minimum Gasteiger partial charge on any atom is -0.382 e. The second-order valence-electron chi connectivity index (χ2n) is 10.3. The molecule has 1 unspecified atom stereocenters. The Kier molecular flexibility index (Phi) is 7.83. The molecule has 3 heteroatoms. The molecule has 4 aromatic carbocycles. The van der Waals surface area contributed by atoms with Gasteiger partial charge in [-0.2, -0.15) is 0 Å². The monoisotopic (exact) mass is 489 g/mol. The van der Waals surface area contributed by atoms with E-state index in [1.807, 2.05) is 0 Å². The van der Waals surface area contributed by atoms with Gasteiger partial charge >= 0.3 is 0 Å². The summed E-state index contributed by atoms with van der Waals surface area (Å²) in [6.45, 7) is 19.2. The Hall–Kier alpha value is -3.85. The molecule has 0 spiro atoms. The van der Waals surface area contributed by atoms with Crippen LogP contribution in [0.4, 0.5) is 0 Å². The van der Waals surface area contributed by atoms with Gasteiger partial charge in [-0.15, -0.1) is 13.2 Å². The fourth-order valence-electron chi connectivity index (χ4n) is 4.73. The van der Waals surface area contributed by atoms with Crippen LogP contribution in [0.2, 0.25) is 0 Å². The summed E-state index contributed by atoms with van der Waals surface area (Å²) >= 11 is 0. The minimum atomic E-state index is 0.356. The highest BCUT2D eigenvalue weighted by Gasteiger charge is 2.15. The second-order valence-corrected chi connectivity index (χ2v) is 10.3. The number of hydrogen-bond acceptors (Lipinski definition) is 2. The van der Waals surface area contributed by atoms with Crippen LogP contribution in [0.25, 0.3) is 49.4 Å². The average molecular weight is 490 g/mol. The van der Waals surface area contributed by atoms with Gasteiger partial charge in [0.1, 0.15) is 5.82 Å². The number of nitrogens with one attached hydrogen (secondary N) is 2. The first-order chi connectivity index (χ1) is 17.9. The Balaban J connectivity index is 0.00000156. The number of aromatic amines is 1. The summed E-state index contributed by atoms with van der Waals surface area (Å²) in [4.78, 5) is 8.58. The average Bonchev–Trinajstić information content (AvgIpc) is 3.39. The van der Waals surface area contributed by atoms with Gasteiger partial charge in [-0.3, -0.25) is 0 Å². The number of aromatic nitrogens is 2. The van der Waals surface area contributed by atoms with Crippen molar-refractivity contribution in [1.82, 2.24) is 15.3 Å². The lowest BCUT2D eigenvalue weighted by molar-refractivity contribution is 0.480. The molecule has 1 heterocycles. The molecule has 5 aromatic rings. The fraction of sp³-hybridized carbons (Fsp3) is 0.265. The SMILES string of the molecule is C/C=C(\NC(C)C(C)C)c1ccc(-c2ccc3c(c2)c2ccccc2c2nc(C(C)C)[nH]c32)cc1.C=C. The molecular formula is C34H39N3. The van der Waals surface area contributed by atoms with Crippen LogP contribution < -0.4 is 5.32 Å². The number of allylic oxidation sites excluding steroid dienone is 1. The van der Waals surface area contributed by atoms with Crippen LogP contribution in [0.3, 0.4) is 0 Å². The van der Waals surface area contributed by atoms with Gasteiger partial charge in [-0.25, -0.2) is 4.98 Å². The highest BCUT2D eigenvalue weighted by Crippen LogP contribution is 2.37. The molecule has 0 bridgehead atoms. The van der Waals surface area contributed by atoms with E-state index in [4.69, 9.17) is 4.98 Å². The van der Waals surface area contributed by atoms with Gasteiger partial charge in [0.15, 0.2) is 0 Å². The van der Waals surface area contributed by atoms with Crippen LogP contribution in [0.5, 0.6) is 0 Å². The molecule has 0 radical (unpaired) electrons. The first-order valence-electron chi connectivity index (χ1n) is 13.2. The molecule has 5 rings (SSSR count). The third kappa shape index (κ3) is 5.04. The van der Waals surface area contributed by atoms with Crippen LogP contribution in [-0.2, 0) is 0 Å². The lowest BCUT2D eigenvalue weighted by atomic mass is 9.95. The number of H-pyrrole nitrogens is 1. The summed E-state index contributed by atoms with van der Waals surface area (Å²) in [7, 11) is 0. The number of hydrogen-bond donors (Lipinski definition) is 2. The molecule has 0 aliphatic heterocycles. The van der Waals surface area contributed by atoms with Crippen LogP contribution in [0, 0.1) is 5.92 Å². The number of nitrogens with zero attached hydrogens (tertiary/aromatic N) is 1. The van der Waals surface area contributed by atoms with Crippen LogP contribution >= 0.6 is 0 Å². The quantitative estimate of drug-likeness (QED) is 0.184. The van der Waals surface area contributed by atoms with Crippen molar-refractivity contribution in [3.05, 3.63) is 97.4 Å². The standard InChI is InChI=1S/C32H35N3.C2H4/c1-7-29(33-21(6)19(2)3)23-14-12-22(13-15-23)24-16-17-27-28(18-24)25-10-8-9-11-26(25)30-31(27)35-32(34-30)20(4)5;1-2/h7-21,33H,1-6H3,(H,34,35);1-2H2/b29-7-;. The Morgan fingerprint density at radius 1 is 0.811 bits per heavy atom. The minimum absolute atomic E-state index is 0.356. The molecule has 37 heavy (non-hydrogen) atoms. The third-order valence-corrected chi connectivity index (χ3v) is 7.23. The van der Waals surface area contributed by atoms with Crippen molar-refractivity contribution in [2.75, 3.05) is 0 Å². The summed E-state index contributed by atoms with van der Waals surface area (Å²) in [6, 6.07) is 24.8. The van der Waals surface area contributed by atoms with Gasteiger partial charge in [-0.05, 0) is 53.3 Å². The highest BCUT2D eigenvalue weighted by molar-refractivity contribution is 6.23. The maximum absolute atomic E-state index is 4.97. The molecule has 0 aliphatic carbocycles. The Morgan fingerprint density at radius 3 is 2.08 bits per heavy atom. The number of fused-ring (bicyclic) bond motifs is 6. The Labute approximate surface area is 221 Å². The zero-order valence-electron chi connectivity index (χ0n) is 23.0. The van der Waals surface area contributed by atoms with E-state index in [1.165, 1.54) is 43.9 Å². The molecular weight excluding hydrogens is 450 g/mol. The largest absolute Gasteiger partial charge is 0.382 e. The molecule has 0 fully saturated rings. The van der Waals surface area contributed by atoms with E-state index in [2.05, 4.69) is 138 Å². The summed E-state index contributed by atoms with van der Waals surface area (Å²) in [5, 5.41) is 8.60. The zero-order chi connectivity index (χ0) is 26.7. The molecule has 190 valence electrons. The topological polar surface area (TPSA) is 40.7 Å². The predicted octanol–water partition coefficient (Wildman–Crippen LogP) is 9.46. The van der Waals surface area contributed by atoms with Crippen molar-refractivity contribution in [3.8, 4) is 11.1 Å². The van der Waals surface area contributed by atoms with Gasteiger partial charge in [0.25, 0.3) is 0 Å². The van der Waals surface area contributed by atoms with Crippen molar-refractivity contribution < 1.29 is 0 Å². The van der Waals surface area contributed by atoms with E-state index in [0.717, 1.165) is 16.9 Å². The fourth-order valence-corrected chi connectivity index (χ4v) is 4.73. The number of benzene rings is 4. The first kappa shape index (κ1) is 26.2. The van der Waals surface area contributed by atoms with Gasteiger partial charge in [-0.1, -0.05) is 94.4 Å². The molecule has 3 nitrogen and oxygen atoms in total. The molecule has 2 N–H and O–H groups in total. The smallest absolute Gasteiger partial charge is 0.109 e. The number of imidazole rings is 1. The van der Waals surface area contributed by atoms with Crippen molar-refractivity contribution in [2.24, 2.45) is 5.92 Å². The van der Waals surface area contributed by atoms with Gasteiger partial charge < -0.3 is 10.3 Å². The normalized spacial score (nSPS) is 12.8. The van der Waals surface area contributed by atoms with Gasteiger partial charge in [0.2, 0.25) is 0 Å². The van der Waals surface area contributed by atoms with Crippen LogP contribution in [0.15, 0.2) is 86.0 Å². The van der Waals surface area contributed by atoms with E-state index >= 15 is 0 Å². The Morgan fingerprint density at radius 2 is 1.46 bits per heavy atom. The van der Waals surface area contributed by atoms with Crippen molar-refractivity contribution in [3.63, 3.8) is 0 Å². The van der Waals surface area contributed by atoms with Crippen molar-refractivity contribution in [1.29, 1.82) is 0 Å². The van der Waals surface area contributed by atoms with E-state index in [0.29, 0.717) is 17.9 Å². The van der Waals surface area contributed by atoms with E-state index in [9.17, 15) is 0 Å². The van der Waals surface area contributed by atoms with Crippen molar-refractivity contribution in [2.45, 2.75) is 53.5 Å². The molecule has 0 amide bonds. The molecule has 0 saturated heterocycles. The molecule has 0 aliphatic rings. The second kappa shape index (κ2) is 11.0. The van der Waals surface area contributed by atoms with Gasteiger partial charge in [0, 0.05) is 28.4 Å². The molecule has 0 saturated carbocycles. The predicted molar refractivity (Wildman–Crippen MR) is 163 cm³/mol. The van der Waals surface area contributed by atoms with E-state index in [-0.39, 0.29) is 0 Å². The van der Waals surface area contributed by atoms with Crippen LogP contribution in [-0.4, -0.2) is 16.0 Å². The van der Waals surface area contributed by atoms with Crippen molar-refractivity contribution >= 4 is 38.3 Å². The Bertz CT molecular complexity index is 1550. The molecule has 1 aromatic heterocycles. The third-order valence-electron chi connectivity index (χ3n) is 7.23. The number of rotatable bonds is 6. The lowest BCUT2D eigenvalue weighted by Crippen LogP contribution is -2.29. The maximum Gasteiger partial charge on any atom is 0.109 e. The zero-order valence-corrected chi connectivity index (χ0v) is 23.0. The highest BCUT2D eigenvalue weighted by atomic mass is 14.9. The first-order valence-corrected chi connectivity index (χ1v) is 13.2. The summed E-state index contributed by atoms with van der Waals surface area (Å²) < 4.78 is 0.